The first-order chi connectivity index (χ1) is 12.7. The molecule has 0 bridgehead atoms. The molecular weight excluding hydrogens is 362 g/mol. The first-order valence-electron chi connectivity index (χ1n) is 9.38. The molecule has 1 aromatic carbocycles. The van der Waals surface area contributed by atoms with Crippen molar-refractivity contribution in [3.05, 3.63) is 41.1 Å². The Hall–Kier alpha value is -2.15. The summed E-state index contributed by atoms with van der Waals surface area (Å²) in [7, 11) is -3.05. The molecule has 2 atom stereocenters. The summed E-state index contributed by atoms with van der Waals surface area (Å²) in [6.45, 7) is 8.04. The molecule has 2 heterocycles. The van der Waals surface area contributed by atoms with E-state index < -0.39 is 9.84 Å². The van der Waals surface area contributed by atoms with Crippen LogP contribution in [0.25, 0.3) is 11.3 Å². The van der Waals surface area contributed by atoms with Crippen LogP contribution in [0.5, 0.6) is 0 Å². The average Bonchev–Trinajstić information content (AvgIpc) is 3.20. The standard InChI is InChI=1S/C20H27N3O3S/c1-5-15(4)21-20(24)18-11-19(16-7-6-13(2)14(3)10-16)23(22-18)17-8-9-27(25,26)12-17/h6-7,10-11,15,17H,5,8-9,12H2,1-4H3,(H,21,24)/t15-,17+/m1/s1. The molecule has 1 aromatic heterocycles. The number of sulfone groups is 1. The third-order valence-electron chi connectivity index (χ3n) is 5.32. The number of aryl methyl sites for hydroxylation is 2. The van der Waals surface area contributed by atoms with Gasteiger partial charge in [0, 0.05) is 11.6 Å². The summed E-state index contributed by atoms with van der Waals surface area (Å²) in [4.78, 5) is 12.6. The van der Waals surface area contributed by atoms with E-state index >= 15 is 0 Å². The van der Waals surface area contributed by atoms with Gasteiger partial charge in [0.15, 0.2) is 15.5 Å². The van der Waals surface area contributed by atoms with Crippen molar-refractivity contribution in [2.45, 2.75) is 52.6 Å². The number of carbonyl (C=O) groups excluding carboxylic acids is 1. The molecule has 0 saturated carbocycles. The van der Waals surface area contributed by atoms with Gasteiger partial charge in [0.1, 0.15) is 0 Å². The molecule has 1 fully saturated rings. The van der Waals surface area contributed by atoms with Gasteiger partial charge in [-0.05, 0) is 56.9 Å². The Bertz CT molecular complexity index is 963. The summed E-state index contributed by atoms with van der Waals surface area (Å²) in [5.41, 5.74) is 4.38. The molecule has 0 radical (unpaired) electrons. The lowest BCUT2D eigenvalue weighted by Gasteiger charge is -2.14. The van der Waals surface area contributed by atoms with Gasteiger partial charge in [-0.2, -0.15) is 5.10 Å². The van der Waals surface area contributed by atoms with E-state index in [1.807, 2.05) is 39.8 Å². The Morgan fingerprint density at radius 2 is 2.04 bits per heavy atom. The number of aromatic nitrogens is 2. The van der Waals surface area contributed by atoms with Gasteiger partial charge in [-0.15, -0.1) is 0 Å². The second-order valence-corrected chi connectivity index (χ2v) is 9.73. The molecule has 1 amide bonds. The van der Waals surface area contributed by atoms with Crippen LogP contribution in [-0.4, -0.2) is 41.7 Å². The van der Waals surface area contributed by atoms with E-state index in [4.69, 9.17) is 0 Å². The van der Waals surface area contributed by atoms with Crippen LogP contribution < -0.4 is 5.32 Å². The number of nitrogens with zero attached hydrogens (tertiary/aromatic N) is 2. The highest BCUT2D eigenvalue weighted by Crippen LogP contribution is 2.31. The van der Waals surface area contributed by atoms with Crippen LogP contribution in [-0.2, 0) is 9.84 Å². The molecule has 6 nitrogen and oxygen atoms in total. The Balaban J connectivity index is 2.04. The molecule has 1 N–H and O–H groups in total. The largest absolute Gasteiger partial charge is 0.348 e. The van der Waals surface area contributed by atoms with Gasteiger partial charge < -0.3 is 5.32 Å². The molecule has 1 aliphatic rings. The number of hydrogen-bond donors (Lipinski definition) is 1. The fraction of sp³-hybridized carbons (Fsp3) is 0.500. The maximum Gasteiger partial charge on any atom is 0.272 e. The highest BCUT2D eigenvalue weighted by molar-refractivity contribution is 7.91. The molecule has 0 spiro atoms. The normalized spacial score (nSPS) is 19.8. The van der Waals surface area contributed by atoms with Crippen molar-refractivity contribution >= 4 is 15.7 Å². The molecular formula is C20H27N3O3S. The second-order valence-electron chi connectivity index (χ2n) is 7.50. The number of carbonyl (C=O) groups is 1. The van der Waals surface area contributed by atoms with Crippen molar-refractivity contribution in [3.8, 4) is 11.3 Å². The minimum absolute atomic E-state index is 0.0552. The van der Waals surface area contributed by atoms with Gasteiger partial charge in [0.05, 0.1) is 23.2 Å². The maximum absolute atomic E-state index is 12.6. The molecule has 2 aromatic rings. The highest BCUT2D eigenvalue weighted by Gasteiger charge is 2.32. The van der Waals surface area contributed by atoms with Crippen molar-refractivity contribution in [2.75, 3.05) is 11.5 Å². The molecule has 146 valence electrons. The van der Waals surface area contributed by atoms with Crippen molar-refractivity contribution in [1.29, 1.82) is 0 Å². The van der Waals surface area contributed by atoms with Crippen molar-refractivity contribution < 1.29 is 13.2 Å². The van der Waals surface area contributed by atoms with Crippen LogP contribution in [0.15, 0.2) is 24.3 Å². The van der Waals surface area contributed by atoms with E-state index in [1.165, 1.54) is 5.56 Å². The molecule has 0 unspecified atom stereocenters. The van der Waals surface area contributed by atoms with Crippen molar-refractivity contribution in [2.24, 2.45) is 0 Å². The predicted octanol–water partition coefficient (Wildman–Crippen LogP) is 3.05. The number of nitrogens with one attached hydrogen (secondary N) is 1. The van der Waals surface area contributed by atoms with Gasteiger partial charge in [0.25, 0.3) is 5.91 Å². The Morgan fingerprint density at radius 1 is 1.30 bits per heavy atom. The minimum atomic E-state index is -3.05. The third kappa shape index (κ3) is 4.24. The number of hydrogen-bond acceptors (Lipinski definition) is 4. The summed E-state index contributed by atoms with van der Waals surface area (Å²) in [6, 6.07) is 7.67. The van der Waals surface area contributed by atoms with Crippen molar-refractivity contribution in [1.82, 2.24) is 15.1 Å². The number of benzene rings is 1. The Morgan fingerprint density at radius 3 is 2.63 bits per heavy atom. The highest BCUT2D eigenvalue weighted by atomic mass is 32.2. The van der Waals surface area contributed by atoms with Gasteiger partial charge in [-0.3, -0.25) is 9.48 Å². The van der Waals surface area contributed by atoms with Gasteiger partial charge in [0.2, 0.25) is 0 Å². The molecule has 1 aliphatic heterocycles. The molecule has 3 rings (SSSR count). The summed E-state index contributed by atoms with van der Waals surface area (Å²) >= 11 is 0. The topological polar surface area (TPSA) is 81.1 Å². The van der Waals surface area contributed by atoms with Crippen LogP contribution in [0.4, 0.5) is 0 Å². The average molecular weight is 390 g/mol. The lowest BCUT2D eigenvalue weighted by atomic mass is 10.0. The van der Waals surface area contributed by atoms with E-state index in [0.29, 0.717) is 12.1 Å². The van der Waals surface area contributed by atoms with Crippen LogP contribution in [0.1, 0.15) is 54.3 Å². The minimum Gasteiger partial charge on any atom is -0.348 e. The number of rotatable bonds is 5. The van der Waals surface area contributed by atoms with E-state index in [1.54, 1.807) is 10.7 Å². The molecule has 1 saturated heterocycles. The van der Waals surface area contributed by atoms with Gasteiger partial charge in [-0.1, -0.05) is 19.1 Å². The first-order valence-corrected chi connectivity index (χ1v) is 11.2. The third-order valence-corrected chi connectivity index (χ3v) is 7.07. The van der Waals surface area contributed by atoms with Crippen molar-refractivity contribution in [3.63, 3.8) is 0 Å². The zero-order valence-electron chi connectivity index (χ0n) is 16.3. The quantitative estimate of drug-likeness (QED) is 0.852. The molecule has 0 aliphatic carbocycles. The zero-order chi connectivity index (χ0) is 19.8. The van der Waals surface area contributed by atoms with Gasteiger partial charge in [-0.25, -0.2) is 8.42 Å². The summed E-state index contributed by atoms with van der Waals surface area (Å²) in [6.07, 6.45) is 1.35. The lowest BCUT2D eigenvalue weighted by Crippen LogP contribution is -2.32. The van der Waals surface area contributed by atoms with E-state index in [9.17, 15) is 13.2 Å². The number of amides is 1. The van der Waals surface area contributed by atoms with Crippen LogP contribution in [0.3, 0.4) is 0 Å². The Kier molecular flexibility index (Phi) is 5.42. The zero-order valence-corrected chi connectivity index (χ0v) is 17.1. The Labute approximate surface area is 160 Å². The second kappa shape index (κ2) is 7.46. The first kappa shape index (κ1) is 19.6. The predicted molar refractivity (Wildman–Crippen MR) is 107 cm³/mol. The van der Waals surface area contributed by atoms with Crippen LogP contribution in [0, 0.1) is 13.8 Å². The van der Waals surface area contributed by atoms with Crippen LogP contribution in [0.2, 0.25) is 0 Å². The van der Waals surface area contributed by atoms with Crippen LogP contribution >= 0.6 is 0 Å². The maximum atomic E-state index is 12.6. The van der Waals surface area contributed by atoms with Gasteiger partial charge >= 0.3 is 0 Å². The summed E-state index contributed by atoms with van der Waals surface area (Å²) < 4.78 is 25.7. The lowest BCUT2D eigenvalue weighted by molar-refractivity contribution is 0.0933. The smallest absolute Gasteiger partial charge is 0.272 e. The summed E-state index contributed by atoms with van der Waals surface area (Å²) in [5.74, 6) is 0.00563. The fourth-order valence-electron chi connectivity index (χ4n) is 3.27. The van der Waals surface area contributed by atoms with E-state index in [0.717, 1.165) is 23.2 Å². The molecule has 7 heteroatoms. The molecule has 27 heavy (non-hydrogen) atoms. The fourth-order valence-corrected chi connectivity index (χ4v) is 4.96. The van der Waals surface area contributed by atoms with E-state index in [2.05, 4.69) is 16.5 Å². The monoisotopic (exact) mass is 389 g/mol. The van der Waals surface area contributed by atoms with E-state index in [-0.39, 0.29) is 29.5 Å². The summed E-state index contributed by atoms with van der Waals surface area (Å²) in [5, 5.41) is 7.45. The SMILES string of the molecule is CC[C@@H](C)NC(=O)c1cc(-c2ccc(C)c(C)c2)n([C@H]2CCS(=O)(=O)C2)n1.